The van der Waals surface area contributed by atoms with Crippen molar-refractivity contribution in [1.82, 2.24) is 14.5 Å². The van der Waals surface area contributed by atoms with Gasteiger partial charge in [-0.2, -0.15) is 0 Å². The van der Waals surface area contributed by atoms with E-state index >= 15 is 0 Å². The summed E-state index contributed by atoms with van der Waals surface area (Å²) in [6.45, 7) is 2.47. The number of hydrogen-bond acceptors (Lipinski definition) is 5. The lowest BCUT2D eigenvalue weighted by atomic mass is 10.00. The molecule has 1 aliphatic heterocycles. The lowest BCUT2D eigenvalue weighted by Gasteiger charge is -2.29. The van der Waals surface area contributed by atoms with Gasteiger partial charge in [0.15, 0.2) is 0 Å². The van der Waals surface area contributed by atoms with E-state index in [-0.39, 0.29) is 23.1 Å². The maximum absolute atomic E-state index is 13.8. The lowest BCUT2D eigenvalue weighted by Crippen LogP contribution is -2.39. The third-order valence-corrected chi connectivity index (χ3v) is 5.88. The molecule has 0 radical (unpaired) electrons. The number of hydrogen-bond donors (Lipinski definition) is 0. The predicted molar refractivity (Wildman–Crippen MR) is 82.7 cm³/mol. The van der Waals surface area contributed by atoms with Crippen molar-refractivity contribution < 1.29 is 17.2 Å². The van der Waals surface area contributed by atoms with Crippen LogP contribution >= 0.6 is 0 Å². The predicted octanol–water partition coefficient (Wildman–Crippen LogP) is 2.40. The summed E-state index contributed by atoms with van der Waals surface area (Å²) in [4.78, 5) is 0. The second-order valence-corrected chi connectivity index (χ2v) is 7.78. The fourth-order valence-corrected chi connectivity index (χ4v) is 3.90. The third kappa shape index (κ3) is 3.28. The van der Waals surface area contributed by atoms with Crippen LogP contribution in [0.1, 0.15) is 31.6 Å². The van der Waals surface area contributed by atoms with E-state index in [0.29, 0.717) is 19.0 Å². The molecular formula is C15H18FN3O3S. The van der Waals surface area contributed by atoms with Crippen molar-refractivity contribution in [2.75, 3.05) is 18.8 Å². The Morgan fingerprint density at radius 2 is 2.13 bits per heavy atom. The van der Waals surface area contributed by atoms with E-state index in [9.17, 15) is 12.8 Å². The van der Waals surface area contributed by atoms with Crippen LogP contribution in [0.4, 0.5) is 4.39 Å². The maximum atomic E-state index is 13.8. The molecule has 2 aromatic rings. The summed E-state index contributed by atoms with van der Waals surface area (Å²) < 4.78 is 44.9. The average molecular weight is 339 g/mol. The smallest absolute Gasteiger partial charge is 0.250 e. The van der Waals surface area contributed by atoms with E-state index in [1.807, 2.05) is 0 Å². The van der Waals surface area contributed by atoms with Gasteiger partial charge in [0.25, 0.3) is 5.89 Å². The first-order valence-corrected chi connectivity index (χ1v) is 9.18. The van der Waals surface area contributed by atoms with E-state index in [2.05, 4.69) is 10.2 Å². The van der Waals surface area contributed by atoms with Crippen LogP contribution in [0, 0.1) is 5.82 Å². The van der Waals surface area contributed by atoms with Crippen molar-refractivity contribution in [3.63, 3.8) is 0 Å². The largest absolute Gasteiger partial charge is 0.420 e. The first-order valence-electron chi connectivity index (χ1n) is 7.57. The number of piperidine rings is 1. The Kier molecular flexibility index (Phi) is 4.45. The summed E-state index contributed by atoms with van der Waals surface area (Å²) >= 11 is 0. The van der Waals surface area contributed by atoms with Gasteiger partial charge in [-0.25, -0.2) is 17.1 Å². The first kappa shape index (κ1) is 16.1. The summed E-state index contributed by atoms with van der Waals surface area (Å²) in [7, 11) is -3.23. The molecule has 1 atom stereocenters. The topological polar surface area (TPSA) is 76.3 Å². The molecule has 23 heavy (non-hydrogen) atoms. The second-order valence-electron chi connectivity index (χ2n) is 5.52. The van der Waals surface area contributed by atoms with Crippen LogP contribution in [0.2, 0.25) is 0 Å². The molecule has 1 saturated heterocycles. The van der Waals surface area contributed by atoms with Gasteiger partial charge >= 0.3 is 0 Å². The van der Waals surface area contributed by atoms with Crippen molar-refractivity contribution in [2.24, 2.45) is 0 Å². The minimum absolute atomic E-state index is 0.0734. The molecule has 2 heterocycles. The van der Waals surface area contributed by atoms with Crippen molar-refractivity contribution >= 4 is 10.0 Å². The fourth-order valence-electron chi connectivity index (χ4n) is 2.72. The van der Waals surface area contributed by atoms with Gasteiger partial charge < -0.3 is 4.42 Å². The molecule has 0 unspecified atom stereocenters. The molecule has 0 spiro atoms. The maximum Gasteiger partial charge on any atom is 0.250 e. The Labute approximate surface area is 134 Å². The van der Waals surface area contributed by atoms with Gasteiger partial charge in [-0.3, -0.25) is 0 Å². The van der Waals surface area contributed by atoms with Gasteiger partial charge in [-0.05, 0) is 31.9 Å². The molecule has 1 aliphatic rings. The average Bonchev–Trinajstić information content (AvgIpc) is 3.05. The molecule has 1 aromatic heterocycles. The summed E-state index contributed by atoms with van der Waals surface area (Å²) in [5.74, 6) is -0.0308. The molecule has 0 N–H and O–H groups in total. The van der Waals surface area contributed by atoms with Crippen LogP contribution in [-0.2, 0) is 10.0 Å². The van der Waals surface area contributed by atoms with Crippen molar-refractivity contribution in [3.05, 3.63) is 36.0 Å². The van der Waals surface area contributed by atoms with E-state index < -0.39 is 15.8 Å². The molecular weight excluding hydrogens is 321 g/mol. The van der Waals surface area contributed by atoms with Gasteiger partial charge in [0.1, 0.15) is 5.82 Å². The van der Waals surface area contributed by atoms with E-state index in [1.165, 1.54) is 10.4 Å². The number of aromatic nitrogens is 2. The number of halogens is 1. The molecule has 3 rings (SSSR count). The minimum Gasteiger partial charge on any atom is -0.420 e. The summed E-state index contributed by atoms with van der Waals surface area (Å²) in [6.07, 6.45) is 1.51. The van der Waals surface area contributed by atoms with Crippen LogP contribution in [0.5, 0.6) is 0 Å². The van der Waals surface area contributed by atoms with E-state index in [1.54, 1.807) is 25.1 Å². The molecule has 6 nitrogen and oxygen atoms in total. The highest BCUT2D eigenvalue weighted by Gasteiger charge is 2.31. The molecule has 8 heteroatoms. The van der Waals surface area contributed by atoms with Crippen LogP contribution < -0.4 is 0 Å². The van der Waals surface area contributed by atoms with Gasteiger partial charge in [0.2, 0.25) is 15.9 Å². The number of sulfonamides is 1. The van der Waals surface area contributed by atoms with Crippen LogP contribution in [0.25, 0.3) is 11.5 Å². The third-order valence-electron chi connectivity index (χ3n) is 4.04. The number of rotatable bonds is 4. The van der Waals surface area contributed by atoms with Crippen LogP contribution in [0.15, 0.2) is 28.7 Å². The van der Waals surface area contributed by atoms with Crippen molar-refractivity contribution in [1.29, 1.82) is 0 Å². The lowest BCUT2D eigenvalue weighted by molar-refractivity contribution is 0.286. The standard InChI is InChI=1S/C15H18FN3O3S/c1-2-23(20,21)19-9-5-6-11(10-19)14-17-18-15(22-14)12-7-3-4-8-13(12)16/h3-4,7-8,11H,2,5-6,9-10H2,1H3/t11-/m0/s1. The van der Waals surface area contributed by atoms with Gasteiger partial charge in [0.05, 0.1) is 17.2 Å². The van der Waals surface area contributed by atoms with Crippen molar-refractivity contribution in [2.45, 2.75) is 25.7 Å². The SMILES string of the molecule is CCS(=O)(=O)N1CCC[C@H](c2nnc(-c3ccccc3F)o2)C1. The quantitative estimate of drug-likeness (QED) is 0.855. The van der Waals surface area contributed by atoms with Gasteiger partial charge in [0, 0.05) is 13.1 Å². The molecule has 1 fully saturated rings. The second kappa shape index (κ2) is 6.37. The monoisotopic (exact) mass is 339 g/mol. The molecule has 0 bridgehead atoms. The number of nitrogens with zero attached hydrogens (tertiary/aromatic N) is 3. The summed E-state index contributed by atoms with van der Waals surface area (Å²) in [5, 5.41) is 7.90. The zero-order valence-corrected chi connectivity index (χ0v) is 13.6. The van der Waals surface area contributed by atoms with Gasteiger partial charge in [-0.15, -0.1) is 10.2 Å². The molecule has 124 valence electrons. The Morgan fingerprint density at radius 3 is 2.87 bits per heavy atom. The van der Waals surface area contributed by atoms with Crippen LogP contribution in [-0.4, -0.2) is 41.8 Å². The molecule has 0 saturated carbocycles. The Balaban J connectivity index is 1.82. The molecule has 0 amide bonds. The fraction of sp³-hybridized carbons (Fsp3) is 0.467. The highest BCUT2D eigenvalue weighted by Crippen LogP contribution is 2.30. The van der Waals surface area contributed by atoms with Gasteiger partial charge in [-0.1, -0.05) is 12.1 Å². The Morgan fingerprint density at radius 1 is 1.35 bits per heavy atom. The van der Waals surface area contributed by atoms with E-state index in [4.69, 9.17) is 4.42 Å². The van der Waals surface area contributed by atoms with Crippen LogP contribution in [0.3, 0.4) is 0 Å². The van der Waals surface area contributed by atoms with E-state index in [0.717, 1.165) is 12.8 Å². The summed E-state index contributed by atoms with van der Waals surface area (Å²) in [5.41, 5.74) is 0.250. The Bertz CT molecular complexity index is 791. The van der Waals surface area contributed by atoms with Crippen molar-refractivity contribution in [3.8, 4) is 11.5 Å². The minimum atomic E-state index is -3.23. The highest BCUT2D eigenvalue weighted by atomic mass is 32.2. The molecule has 1 aromatic carbocycles. The highest BCUT2D eigenvalue weighted by molar-refractivity contribution is 7.89. The molecule has 0 aliphatic carbocycles. The zero-order chi connectivity index (χ0) is 16.4. The summed E-state index contributed by atoms with van der Waals surface area (Å²) in [6, 6.07) is 6.18. The zero-order valence-electron chi connectivity index (χ0n) is 12.8. The number of benzene rings is 1. The first-order chi connectivity index (χ1) is 11.0. The Hall–Kier alpha value is -1.80. The normalized spacial score (nSPS) is 19.8.